The molecule has 12 nitrogen and oxygen atoms in total. The van der Waals surface area contributed by atoms with Gasteiger partial charge in [-0.2, -0.15) is 0 Å². The Morgan fingerprint density at radius 2 is 1.18 bits per heavy atom. The van der Waals surface area contributed by atoms with Crippen molar-refractivity contribution in [2.24, 2.45) is 28.6 Å². The van der Waals surface area contributed by atoms with Crippen molar-refractivity contribution >= 4 is 11.9 Å². The molecular formula is C61H125N5O7. The van der Waals surface area contributed by atoms with Crippen LogP contribution in [0.5, 0.6) is 0 Å². The molecule has 1 heterocycles. The molecule has 0 aromatic rings. The van der Waals surface area contributed by atoms with Gasteiger partial charge in [0.15, 0.2) is 0 Å². The highest BCUT2D eigenvalue weighted by atomic mass is 16.5. The molecule has 1 aliphatic heterocycles. The number of allylic oxidation sites excluding steroid dienone is 5. The third kappa shape index (κ3) is 41.5. The molecule has 73 heavy (non-hydrogen) atoms. The Morgan fingerprint density at radius 1 is 0.712 bits per heavy atom. The first-order valence-corrected chi connectivity index (χ1v) is 28.0. The summed E-state index contributed by atoms with van der Waals surface area (Å²) in [6.45, 7) is 66.7. The number of nitrogens with one attached hydrogen (secondary N) is 1. The Kier molecular flexibility index (Phi) is 52.1. The Bertz CT molecular complexity index is 1440. The van der Waals surface area contributed by atoms with E-state index in [0.717, 1.165) is 37.4 Å². The smallest absolute Gasteiger partial charge is 0.311 e. The number of likely N-dealkylation sites (tertiary alicyclic amines) is 1. The first-order valence-electron chi connectivity index (χ1n) is 28.0. The topological polar surface area (TPSA) is 138 Å². The Labute approximate surface area is 454 Å². The average Bonchev–Trinajstić information content (AvgIpc) is 3.81. The molecule has 0 radical (unpaired) electrons. The van der Waals surface area contributed by atoms with Crippen LogP contribution in [0.25, 0.3) is 0 Å². The molecule has 1 fully saturated rings. The van der Waals surface area contributed by atoms with E-state index >= 15 is 0 Å². The average molecular weight is 1040 g/mol. The number of hydrogen-bond acceptors (Lipinski definition) is 11. The fourth-order valence-corrected chi connectivity index (χ4v) is 5.75. The largest absolute Gasteiger partial charge is 0.496 e. The fraction of sp³-hybridized carbons (Fsp3) is 0.803. The lowest BCUT2D eigenvalue weighted by atomic mass is 9.88. The van der Waals surface area contributed by atoms with Crippen molar-refractivity contribution in [3.05, 3.63) is 61.4 Å². The fourth-order valence-electron chi connectivity index (χ4n) is 5.75. The van der Waals surface area contributed by atoms with Crippen LogP contribution in [0.4, 0.5) is 0 Å². The number of aliphatic hydroxyl groups is 3. The van der Waals surface area contributed by atoms with E-state index in [0.29, 0.717) is 36.9 Å². The van der Waals surface area contributed by atoms with Crippen LogP contribution in [0.3, 0.4) is 0 Å². The summed E-state index contributed by atoms with van der Waals surface area (Å²) < 4.78 is 10.0. The van der Waals surface area contributed by atoms with Crippen molar-refractivity contribution in [3.8, 4) is 0 Å². The first kappa shape index (κ1) is 80.9. The molecule has 1 aliphatic rings. The van der Waals surface area contributed by atoms with Crippen LogP contribution in [-0.4, -0.2) is 138 Å². The van der Waals surface area contributed by atoms with E-state index in [1.807, 2.05) is 55.6 Å². The van der Waals surface area contributed by atoms with Crippen molar-refractivity contribution < 1.29 is 34.4 Å². The van der Waals surface area contributed by atoms with Gasteiger partial charge in [0, 0.05) is 93.0 Å². The number of amides is 1. The van der Waals surface area contributed by atoms with Gasteiger partial charge in [-0.1, -0.05) is 116 Å². The molecule has 0 aromatic heterocycles. The number of esters is 1. The van der Waals surface area contributed by atoms with E-state index in [1.165, 1.54) is 62.2 Å². The SMILES string of the molecule is C=C(C(C)CC)N(C)C.C=C(C(C)CC)N(CC)CC.C=C(C)N(C)C(C)CC.C=C(OCCO)C(C)(C)CC.C=C1CCCN1C(C)CC.CCC(C)(C)C(=O)OCC(O)CO.CCC(C)C(=O)NC(C)C. The summed E-state index contributed by atoms with van der Waals surface area (Å²) in [5.74, 6) is 1.99. The standard InChI is InChI=1S/C10H21N.C9H17N.C9H18O4.C9H18O2.C8H17NO.2C8H17N/c1-6-9(4)10(5)11(7-2)8-3;1-4-8(2)10-7-5-6-9(10)3;1-4-9(2,3)8(12)13-6-7(11)5-10;1-5-9(3,4)8(2)11-7-6-10;1-5-7(4)8(10)9-6(2)3;1-6-7(2)8(3)9(4)5;1-6-8(4)9(5)7(2)3/h9H,5-8H2,1-4H3;8H,3-7H2,1-2H3;7,10-11H,4-6H2,1-3H3;10H,2,5-7H2,1,3-4H3;6-7H,5H2,1-4H3,(H,9,10);7H,3,6H2,1-2,4-5H3;8H,2,6H2,1,3-5H3. The van der Waals surface area contributed by atoms with E-state index < -0.39 is 11.5 Å². The van der Waals surface area contributed by atoms with Crippen molar-refractivity contribution in [2.75, 3.05) is 67.2 Å². The summed E-state index contributed by atoms with van der Waals surface area (Å²) in [6.07, 6.45) is 8.93. The van der Waals surface area contributed by atoms with Crippen molar-refractivity contribution in [1.29, 1.82) is 0 Å². The van der Waals surface area contributed by atoms with E-state index in [4.69, 9.17) is 24.8 Å². The Morgan fingerprint density at radius 3 is 1.47 bits per heavy atom. The number of ether oxygens (including phenoxy) is 2. The van der Waals surface area contributed by atoms with E-state index in [-0.39, 0.29) is 49.1 Å². The van der Waals surface area contributed by atoms with Gasteiger partial charge in [0.05, 0.1) is 24.4 Å². The highest BCUT2D eigenvalue weighted by Crippen LogP contribution is 2.29. The van der Waals surface area contributed by atoms with Gasteiger partial charge < -0.3 is 49.7 Å². The minimum atomic E-state index is -0.975. The maximum absolute atomic E-state index is 11.3. The molecule has 1 rings (SSSR count). The second-order valence-corrected chi connectivity index (χ2v) is 21.3. The number of carbonyl (C=O) groups is 2. The number of nitrogens with zero attached hydrogens (tertiary/aromatic N) is 4. The number of aliphatic hydroxyl groups excluding tert-OH is 3. The molecular weight excluding hydrogens is 915 g/mol. The van der Waals surface area contributed by atoms with Crippen molar-refractivity contribution in [2.45, 2.75) is 227 Å². The van der Waals surface area contributed by atoms with E-state index in [9.17, 15) is 9.59 Å². The zero-order chi connectivity index (χ0) is 58.8. The van der Waals surface area contributed by atoms with Gasteiger partial charge in [0.2, 0.25) is 5.91 Å². The van der Waals surface area contributed by atoms with Crippen molar-refractivity contribution in [3.63, 3.8) is 0 Å². The predicted molar refractivity (Wildman–Crippen MR) is 318 cm³/mol. The second-order valence-electron chi connectivity index (χ2n) is 21.3. The molecule has 436 valence electrons. The molecule has 4 N–H and O–H groups in total. The molecule has 0 spiro atoms. The molecule has 0 bridgehead atoms. The summed E-state index contributed by atoms with van der Waals surface area (Å²) >= 11 is 0. The van der Waals surface area contributed by atoms with E-state index in [2.05, 4.69) is 155 Å². The zero-order valence-corrected chi connectivity index (χ0v) is 52.7. The highest BCUT2D eigenvalue weighted by Gasteiger charge is 2.27. The molecule has 12 heteroatoms. The van der Waals surface area contributed by atoms with Gasteiger partial charge in [-0.25, -0.2) is 0 Å². The van der Waals surface area contributed by atoms with Crippen LogP contribution in [0.15, 0.2) is 61.4 Å². The summed E-state index contributed by atoms with van der Waals surface area (Å²) in [6, 6.07) is 1.60. The lowest BCUT2D eigenvalue weighted by Gasteiger charge is -2.27. The van der Waals surface area contributed by atoms with Gasteiger partial charge in [0.1, 0.15) is 19.3 Å². The van der Waals surface area contributed by atoms with Crippen LogP contribution in [0.1, 0.15) is 203 Å². The van der Waals surface area contributed by atoms with Crippen LogP contribution >= 0.6 is 0 Å². The van der Waals surface area contributed by atoms with Gasteiger partial charge in [-0.3, -0.25) is 9.59 Å². The zero-order valence-electron chi connectivity index (χ0n) is 52.7. The first-order chi connectivity index (χ1) is 33.7. The van der Waals surface area contributed by atoms with Crippen LogP contribution in [0, 0.1) is 28.6 Å². The molecule has 1 saturated heterocycles. The van der Waals surface area contributed by atoms with Crippen molar-refractivity contribution in [1.82, 2.24) is 24.9 Å². The third-order valence-electron chi connectivity index (χ3n) is 13.9. The molecule has 0 aliphatic carbocycles. The number of hydrogen-bond donors (Lipinski definition) is 4. The number of carbonyl (C=O) groups excluding carboxylic acids is 2. The van der Waals surface area contributed by atoms with Gasteiger partial charge in [-0.15, -0.1) is 0 Å². The van der Waals surface area contributed by atoms with Crippen LogP contribution < -0.4 is 5.32 Å². The normalized spacial score (nSPS) is 14.1. The summed E-state index contributed by atoms with van der Waals surface area (Å²) in [7, 11) is 6.15. The maximum Gasteiger partial charge on any atom is 0.311 e. The number of rotatable bonds is 26. The lowest BCUT2D eigenvalue weighted by molar-refractivity contribution is -0.157. The molecule has 6 atom stereocenters. The Balaban J connectivity index is -0.000000180. The van der Waals surface area contributed by atoms with Gasteiger partial charge in [0.25, 0.3) is 0 Å². The monoisotopic (exact) mass is 1040 g/mol. The minimum Gasteiger partial charge on any atom is -0.496 e. The van der Waals surface area contributed by atoms with Crippen LogP contribution in [0.2, 0.25) is 0 Å². The quantitative estimate of drug-likeness (QED) is 0.0487. The van der Waals surface area contributed by atoms with Crippen LogP contribution in [-0.2, 0) is 19.1 Å². The summed E-state index contributed by atoms with van der Waals surface area (Å²) in [4.78, 5) is 31.4. The Hall–Kier alpha value is -3.48. The summed E-state index contributed by atoms with van der Waals surface area (Å²) in [5.41, 5.74) is 4.50. The molecule has 1 amide bonds. The lowest BCUT2D eigenvalue weighted by Crippen LogP contribution is -2.34. The van der Waals surface area contributed by atoms with Gasteiger partial charge >= 0.3 is 5.97 Å². The molecule has 0 saturated carbocycles. The highest BCUT2D eigenvalue weighted by molar-refractivity contribution is 5.78. The van der Waals surface area contributed by atoms with E-state index in [1.54, 1.807) is 13.8 Å². The molecule has 0 aromatic carbocycles. The molecule has 6 unspecified atom stereocenters. The summed E-state index contributed by atoms with van der Waals surface area (Å²) in [5, 5.41) is 28.7. The predicted octanol–water partition coefficient (Wildman–Crippen LogP) is 13.5. The second kappa shape index (κ2) is 47.0. The van der Waals surface area contributed by atoms with Gasteiger partial charge in [-0.05, 0) is 132 Å². The third-order valence-corrected chi connectivity index (χ3v) is 13.9. The minimum absolute atomic E-state index is 0.0230. The maximum atomic E-state index is 11.3.